The van der Waals surface area contributed by atoms with E-state index >= 15 is 0 Å². The first-order chi connectivity index (χ1) is 9.67. The molecule has 3 rings (SSSR count). The quantitative estimate of drug-likeness (QED) is 0.879. The van der Waals surface area contributed by atoms with Gasteiger partial charge in [0.05, 0.1) is 0 Å². The predicted molar refractivity (Wildman–Crippen MR) is 81.5 cm³/mol. The highest BCUT2D eigenvalue weighted by atomic mass is 19.1. The Bertz CT molecular complexity index is 470. The van der Waals surface area contributed by atoms with Gasteiger partial charge in [-0.25, -0.2) is 4.39 Å². The van der Waals surface area contributed by atoms with E-state index in [4.69, 9.17) is 0 Å². The minimum atomic E-state index is -0.107. The number of anilines is 1. The average Bonchev–Trinajstić information content (AvgIpc) is 3.17. The van der Waals surface area contributed by atoms with Gasteiger partial charge in [-0.2, -0.15) is 0 Å². The number of benzene rings is 1. The first-order valence-corrected chi connectivity index (χ1v) is 7.98. The van der Waals surface area contributed by atoms with Gasteiger partial charge in [-0.1, -0.05) is 6.92 Å². The van der Waals surface area contributed by atoms with E-state index in [0.717, 1.165) is 24.2 Å². The van der Waals surface area contributed by atoms with Crippen LogP contribution in [0.3, 0.4) is 0 Å². The summed E-state index contributed by atoms with van der Waals surface area (Å²) < 4.78 is 13.9. The van der Waals surface area contributed by atoms with Crippen molar-refractivity contribution in [2.24, 2.45) is 0 Å². The van der Waals surface area contributed by atoms with Crippen LogP contribution in [0.25, 0.3) is 0 Å². The zero-order valence-electron chi connectivity index (χ0n) is 12.5. The Labute approximate surface area is 121 Å². The first-order valence-electron chi connectivity index (χ1n) is 7.98. The van der Waals surface area contributed by atoms with Crippen molar-refractivity contribution < 1.29 is 4.39 Å². The molecule has 1 aliphatic carbocycles. The molecule has 0 aromatic heterocycles. The Kier molecular flexibility index (Phi) is 3.97. The third kappa shape index (κ3) is 2.98. The molecule has 1 aromatic rings. The fraction of sp³-hybridized carbons (Fsp3) is 0.647. The highest BCUT2D eigenvalue weighted by molar-refractivity contribution is 5.52. The molecule has 0 amide bonds. The van der Waals surface area contributed by atoms with Gasteiger partial charge in [0.2, 0.25) is 0 Å². The van der Waals surface area contributed by atoms with Gasteiger partial charge in [0.25, 0.3) is 0 Å². The van der Waals surface area contributed by atoms with E-state index in [2.05, 4.69) is 30.1 Å². The maximum Gasteiger partial charge on any atom is 0.125 e. The molecule has 2 fully saturated rings. The van der Waals surface area contributed by atoms with Gasteiger partial charge in [-0.05, 0) is 62.8 Å². The van der Waals surface area contributed by atoms with Gasteiger partial charge in [-0.3, -0.25) is 0 Å². The monoisotopic (exact) mass is 276 g/mol. The van der Waals surface area contributed by atoms with Crippen LogP contribution in [0.15, 0.2) is 18.2 Å². The largest absolute Gasteiger partial charge is 0.366 e. The van der Waals surface area contributed by atoms with Gasteiger partial charge in [0.1, 0.15) is 5.82 Å². The molecule has 2 unspecified atom stereocenters. The van der Waals surface area contributed by atoms with E-state index in [0.29, 0.717) is 18.1 Å². The fourth-order valence-corrected chi connectivity index (χ4v) is 3.37. The molecule has 2 atom stereocenters. The van der Waals surface area contributed by atoms with E-state index in [1.807, 2.05) is 0 Å². The molecule has 1 heterocycles. The summed E-state index contributed by atoms with van der Waals surface area (Å²) in [5.74, 6) is -0.107. The van der Waals surface area contributed by atoms with E-state index in [1.54, 1.807) is 12.1 Å². The van der Waals surface area contributed by atoms with Crippen molar-refractivity contribution in [3.05, 3.63) is 29.6 Å². The van der Waals surface area contributed by atoms with E-state index in [9.17, 15) is 4.39 Å². The minimum absolute atomic E-state index is 0.107. The Balaban J connectivity index is 1.80. The summed E-state index contributed by atoms with van der Waals surface area (Å²) in [6.45, 7) is 5.27. The lowest BCUT2D eigenvalue weighted by molar-refractivity contribution is 0.604. The standard InChI is InChI=1S/C17H25FN2/c1-3-16-7-4-12(2)20(16)17-9-13(8-14(18)10-17)11-19-15-5-6-15/h8-10,12,15-16,19H,3-7,11H2,1-2H3. The third-order valence-corrected chi connectivity index (χ3v) is 4.67. The van der Waals surface area contributed by atoms with Crippen LogP contribution < -0.4 is 10.2 Å². The van der Waals surface area contributed by atoms with E-state index < -0.39 is 0 Å². The summed E-state index contributed by atoms with van der Waals surface area (Å²) in [4.78, 5) is 2.42. The minimum Gasteiger partial charge on any atom is -0.366 e. The van der Waals surface area contributed by atoms with Gasteiger partial charge >= 0.3 is 0 Å². The zero-order valence-corrected chi connectivity index (χ0v) is 12.5. The van der Waals surface area contributed by atoms with Crippen LogP contribution in [0.4, 0.5) is 10.1 Å². The number of hydrogen-bond acceptors (Lipinski definition) is 2. The van der Waals surface area contributed by atoms with Crippen molar-refractivity contribution in [2.45, 2.75) is 70.6 Å². The highest BCUT2D eigenvalue weighted by Gasteiger charge is 2.29. The van der Waals surface area contributed by atoms with Crippen molar-refractivity contribution in [3.8, 4) is 0 Å². The SMILES string of the molecule is CCC1CCC(C)N1c1cc(F)cc(CNC2CC2)c1. The number of nitrogens with one attached hydrogen (secondary N) is 1. The van der Waals surface area contributed by atoms with Crippen molar-refractivity contribution in [3.63, 3.8) is 0 Å². The maximum absolute atomic E-state index is 13.9. The van der Waals surface area contributed by atoms with Crippen LogP contribution in [0.5, 0.6) is 0 Å². The van der Waals surface area contributed by atoms with Crippen molar-refractivity contribution in [1.82, 2.24) is 5.32 Å². The van der Waals surface area contributed by atoms with Crippen LogP contribution in [0.1, 0.15) is 51.5 Å². The summed E-state index contributed by atoms with van der Waals surface area (Å²) in [5.41, 5.74) is 2.13. The normalized spacial score (nSPS) is 26.2. The van der Waals surface area contributed by atoms with Gasteiger partial charge < -0.3 is 10.2 Å². The number of hydrogen-bond donors (Lipinski definition) is 1. The van der Waals surface area contributed by atoms with Crippen molar-refractivity contribution >= 4 is 5.69 Å². The molecule has 1 aliphatic heterocycles. The molecule has 1 saturated carbocycles. The maximum atomic E-state index is 13.9. The molecule has 2 aliphatic rings. The third-order valence-electron chi connectivity index (χ3n) is 4.67. The lowest BCUT2D eigenvalue weighted by Crippen LogP contribution is -2.34. The van der Waals surface area contributed by atoms with Crippen LogP contribution in [0, 0.1) is 5.82 Å². The predicted octanol–water partition coefficient (Wildman–Crippen LogP) is 3.85. The Morgan fingerprint density at radius 3 is 2.70 bits per heavy atom. The molecule has 1 N–H and O–H groups in total. The van der Waals surface area contributed by atoms with E-state index in [1.165, 1.54) is 25.7 Å². The molecule has 110 valence electrons. The molecular formula is C17H25FN2. The summed E-state index contributed by atoms with van der Waals surface area (Å²) in [6, 6.07) is 7.28. The molecular weight excluding hydrogens is 251 g/mol. The van der Waals surface area contributed by atoms with Gasteiger partial charge in [-0.15, -0.1) is 0 Å². The molecule has 20 heavy (non-hydrogen) atoms. The summed E-state index contributed by atoms with van der Waals surface area (Å²) in [6.07, 6.45) is 6.11. The summed E-state index contributed by atoms with van der Waals surface area (Å²) >= 11 is 0. The topological polar surface area (TPSA) is 15.3 Å². The summed E-state index contributed by atoms with van der Waals surface area (Å²) in [5, 5.41) is 3.47. The van der Waals surface area contributed by atoms with E-state index in [-0.39, 0.29) is 5.82 Å². The summed E-state index contributed by atoms with van der Waals surface area (Å²) in [7, 11) is 0. The second kappa shape index (κ2) is 5.72. The molecule has 0 radical (unpaired) electrons. The fourth-order valence-electron chi connectivity index (χ4n) is 3.37. The smallest absolute Gasteiger partial charge is 0.125 e. The molecule has 1 aromatic carbocycles. The Hall–Kier alpha value is -1.09. The molecule has 2 nitrogen and oxygen atoms in total. The average molecular weight is 276 g/mol. The Morgan fingerprint density at radius 1 is 1.20 bits per heavy atom. The number of rotatable bonds is 5. The van der Waals surface area contributed by atoms with Crippen LogP contribution in [0.2, 0.25) is 0 Å². The Morgan fingerprint density at radius 2 is 2.00 bits per heavy atom. The highest BCUT2D eigenvalue weighted by Crippen LogP contribution is 2.33. The molecule has 3 heteroatoms. The number of halogens is 1. The lowest BCUT2D eigenvalue weighted by atomic mass is 10.1. The van der Waals surface area contributed by atoms with Crippen LogP contribution in [-0.2, 0) is 6.54 Å². The van der Waals surface area contributed by atoms with Gasteiger partial charge in [0.15, 0.2) is 0 Å². The van der Waals surface area contributed by atoms with Gasteiger partial charge in [0, 0.05) is 30.4 Å². The van der Waals surface area contributed by atoms with Crippen molar-refractivity contribution in [1.29, 1.82) is 0 Å². The van der Waals surface area contributed by atoms with Crippen LogP contribution >= 0.6 is 0 Å². The molecule has 0 bridgehead atoms. The van der Waals surface area contributed by atoms with Crippen molar-refractivity contribution in [2.75, 3.05) is 4.90 Å². The van der Waals surface area contributed by atoms with Crippen LogP contribution in [-0.4, -0.2) is 18.1 Å². The second-order valence-corrected chi connectivity index (χ2v) is 6.37. The zero-order chi connectivity index (χ0) is 14.1. The second-order valence-electron chi connectivity index (χ2n) is 6.37. The first kappa shape index (κ1) is 13.9. The molecule has 0 spiro atoms. The number of nitrogens with zero attached hydrogens (tertiary/aromatic N) is 1. The molecule has 1 saturated heterocycles. The lowest BCUT2D eigenvalue weighted by Gasteiger charge is -2.30.